The molecule has 0 unspecified atom stereocenters. The minimum absolute atomic E-state index is 0.184. The summed E-state index contributed by atoms with van der Waals surface area (Å²) in [6, 6.07) is 8.27. The van der Waals surface area contributed by atoms with E-state index in [0.29, 0.717) is 12.1 Å². The molecular weight excluding hydrogens is 312 g/mol. The summed E-state index contributed by atoms with van der Waals surface area (Å²) in [5.74, 6) is -0.844. The molecule has 4 heteroatoms. The van der Waals surface area contributed by atoms with Gasteiger partial charge in [0, 0.05) is 17.1 Å². The molecule has 0 atom stereocenters. The Kier molecular flexibility index (Phi) is 4.20. The first kappa shape index (κ1) is 14.0. The Morgan fingerprint density at radius 3 is 2.42 bits per heavy atom. The van der Waals surface area contributed by atoms with Crippen LogP contribution in [0.4, 0.5) is 14.5 Å². The van der Waals surface area contributed by atoms with E-state index in [1.807, 2.05) is 25.1 Å². The Labute approximate surface area is 119 Å². The number of halogens is 3. The first-order chi connectivity index (χ1) is 8.97. The Hall–Kier alpha value is -1.42. The summed E-state index contributed by atoms with van der Waals surface area (Å²) in [5, 5.41) is 2.91. The number of hydrogen-bond acceptors (Lipinski definition) is 1. The van der Waals surface area contributed by atoms with E-state index in [9.17, 15) is 8.78 Å². The minimum Gasteiger partial charge on any atom is -0.379 e. The van der Waals surface area contributed by atoms with Gasteiger partial charge in [0.15, 0.2) is 0 Å². The highest BCUT2D eigenvalue weighted by Gasteiger charge is 2.07. The van der Waals surface area contributed by atoms with E-state index >= 15 is 0 Å². The van der Waals surface area contributed by atoms with E-state index in [0.717, 1.165) is 15.6 Å². The van der Waals surface area contributed by atoms with Gasteiger partial charge < -0.3 is 5.32 Å². The van der Waals surface area contributed by atoms with E-state index in [1.54, 1.807) is 6.92 Å². The molecule has 1 N–H and O–H groups in total. The maximum Gasteiger partial charge on any atom is 0.146 e. The van der Waals surface area contributed by atoms with Crippen LogP contribution in [0.15, 0.2) is 34.8 Å². The fraction of sp³-hybridized carbons (Fsp3) is 0.200. The number of hydrogen-bond donors (Lipinski definition) is 1. The zero-order valence-corrected chi connectivity index (χ0v) is 12.3. The van der Waals surface area contributed by atoms with Crippen LogP contribution in [0.2, 0.25) is 0 Å². The molecule has 0 radical (unpaired) electrons. The van der Waals surface area contributed by atoms with Gasteiger partial charge in [-0.05, 0) is 42.7 Å². The first-order valence-corrected chi connectivity index (χ1v) is 6.71. The molecule has 0 heterocycles. The topological polar surface area (TPSA) is 12.0 Å². The van der Waals surface area contributed by atoms with Crippen LogP contribution in [0, 0.1) is 25.5 Å². The van der Waals surface area contributed by atoms with Gasteiger partial charge in [-0.25, -0.2) is 8.78 Å². The summed E-state index contributed by atoms with van der Waals surface area (Å²) >= 11 is 3.42. The zero-order chi connectivity index (χ0) is 14.0. The highest BCUT2D eigenvalue weighted by atomic mass is 79.9. The van der Waals surface area contributed by atoms with Crippen molar-refractivity contribution < 1.29 is 8.78 Å². The Morgan fingerprint density at radius 2 is 1.74 bits per heavy atom. The number of aryl methyl sites for hydroxylation is 2. The number of rotatable bonds is 3. The number of benzene rings is 2. The summed E-state index contributed by atoms with van der Waals surface area (Å²) in [5.41, 5.74) is 2.61. The molecule has 0 amide bonds. The van der Waals surface area contributed by atoms with E-state index in [1.165, 1.54) is 12.1 Å². The van der Waals surface area contributed by atoms with E-state index in [4.69, 9.17) is 0 Å². The van der Waals surface area contributed by atoms with Gasteiger partial charge in [0.2, 0.25) is 0 Å². The zero-order valence-electron chi connectivity index (χ0n) is 10.7. The van der Waals surface area contributed by atoms with Gasteiger partial charge in [0.25, 0.3) is 0 Å². The second-order valence-electron chi connectivity index (χ2n) is 4.52. The molecule has 2 rings (SSSR count). The molecule has 2 aromatic rings. The Balaban J connectivity index is 2.14. The third kappa shape index (κ3) is 3.32. The van der Waals surface area contributed by atoms with Crippen LogP contribution >= 0.6 is 15.9 Å². The predicted molar refractivity (Wildman–Crippen MR) is 77.3 cm³/mol. The monoisotopic (exact) mass is 325 g/mol. The van der Waals surface area contributed by atoms with Gasteiger partial charge in [-0.3, -0.25) is 0 Å². The van der Waals surface area contributed by atoms with Crippen molar-refractivity contribution in [3.8, 4) is 0 Å². The average molecular weight is 326 g/mol. The first-order valence-electron chi connectivity index (χ1n) is 5.92. The summed E-state index contributed by atoms with van der Waals surface area (Å²) in [4.78, 5) is 0. The molecule has 0 aromatic heterocycles. The van der Waals surface area contributed by atoms with E-state index in [2.05, 4.69) is 21.2 Å². The standard InChI is InChI=1S/C15H14BrF2N/c1-9-5-11(3-4-12(9)16)8-19-15-7-13(17)10(2)6-14(15)18/h3-7,19H,8H2,1-2H3. The molecule has 0 fully saturated rings. The van der Waals surface area contributed by atoms with Crippen molar-refractivity contribution in [1.82, 2.24) is 0 Å². The highest BCUT2D eigenvalue weighted by molar-refractivity contribution is 9.10. The fourth-order valence-electron chi connectivity index (χ4n) is 1.80. The van der Waals surface area contributed by atoms with Gasteiger partial charge in [-0.2, -0.15) is 0 Å². The van der Waals surface area contributed by atoms with Crippen LogP contribution < -0.4 is 5.32 Å². The van der Waals surface area contributed by atoms with Crippen molar-refractivity contribution in [3.63, 3.8) is 0 Å². The maximum absolute atomic E-state index is 13.6. The van der Waals surface area contributed by atoms with Gasteiger partial charge in [0.1, 0.15) is 11.6 Å². The third-order valence-corrected chi connectivity index (χ3v) is 3.84. The molecule has 2 aromatic carbocycles. The Morgan fingerprint density at radius 1 is 1.00 bits per heavy atom. The second-order valence-corrected chi connectivity index (χ2v) is 5.37. The lowest BCUT2D eigenvalue weighted by Crippen LogP contribution is -2.03. The molecule has 0 aliphatic carbocycles. The summed E-state index contributed by atoms with van der Waals surface area (Å²) < 4.78 is 28.1. The van der Waals surface area contributed by atoms with Crippen LogP contribution in [-0.4, -0.2) is 0 Å². The molecule has 100 valence electrons. The largest absolute Gasteiger partial charge is 0.379 e. The minimum atomic E-state index is -0.437. The lowest BCUT2D eigenvalue weighted by molar-refractivity contribution is 0.594. The fourth-order valence-corrected chi connectivity index (χ4v) is 2.04. The third-order valence-electron chi connectivity index (χ3n) is 2.95. The normalized spacial score (nSPS) is 10.6. The Bertz CT molecular complexity index is 611. The van der Waals surface area contributed by atoms with Crippen molar-refractivity contribution in [2.45, 2.75) is 20.4 Å². The molecular formula is C15H14BrF2N. The molecule has 0 spiro atoms. The van der Waals surface area contributed by atoms with E-state index < -0.39 is 11.6 Å². The van der Waals surface area contributed by atoms with Crippen molar-refractivity contribution in [2.24, 2.45) is 0 Å². The van der Waals surface area contributed by atoms with Crippen molar-refractivity contribution in [3.05, 3.63) is 63.1 Å². The molecule has 0 saturated carbocycles. The van der Waals surface area contributed by atoms with Gasteiger partial charge in [-0.1, -0.05) is 28.1 Å². The predicted octanol–water partition coefficient (Wildman–Crippen LogP) is 4.96. The number of nitrogens with one attached hydrogen (secondary N) is 1. The number of anilines is 1. The molecule has 0 aliphatic rings. The molecule has 0 bridgehead atoms. The van der Waals surface area contributed by atoms with Gasteiger partial charge in [0.05, 0.1) is 5.69 Å². The van der Waals surface area contributed by atoms with Crippen LogP contribution in [0.3, 0.4) is 0 Å². The second kappa shape index (κ2) is 5.70. The smallest absolute Gasteiger partial charge is 0.146 e. The van der Waals surface area contributed by atoms with Gasteiger partial charge >= 0.3 is 0 Å². The van der Waals surface area contributed by atoms with Crippen molar-refractivity contribution in [1.29, 1.82) is 0 Å². The molecule has 0 saturated heterocycles. The summed E-state index contributed by atoms with van der Waals surface area (Å²) in [6.07, 6.45) is 0. The van der Waals surface area contributed by atoms with Crippen LogP contribution in [0.1, 0.15) is 16.7 Å². The van der Waals surface area contributed by atoms with Crippen LogP contribution in [0.25, 0.3) is 0 Å². The van der Waals surface area contributed by atoms with Crippen molar-refractivity contribution in [2.75, 3.05) is 5.32 Å². The summed E-state index contributed by atoms with van der Waals surface area (Å²) in [6.45, 7) is 3.98. The highest BCUT2D eigenvalue weighted by Crippen LogP contribution is 2.21. The average Bonchev–Trinajstić information content (AvgIpc) is 2.36. The van der Waals surface area contributed by atoms with Gasteiger partial charge in [-0.15, -0.1) is 0 Å². The van der Waals surface area contributed by atoms with Crippen molar-refractivity contribution >= 4 is 21.6 Å². The summed E-state index contributed by atoms with van der Waals surface area (Å²) in [7, 11) is 0. The van der Waals surface area contributed by atoms with Crippen LogP contribution in [-0.2, 0) is 6.54 Å². The van der Waals surface area contributed by atoms with Crippen LogP contribution in [0.5, 0.6) is 0 Å². The maximum atomic E-state index is 13.6. The SMILES string of the molecule is Cc1cc(F)c(NCc2ccc(Br)c(C)c2)cc1F. The lowest BCUT2D eigenvalue weighted by atomic mass is 10.1. The molecule has 0 aliphatic heterocycles. The molecule has 19 heavy (non-hydrogen) atoms. The quantitative estimate of drug-likeness (QED) is 0.841. The molecule has 1 nitrogen and oxygen atoms in total. The lowest BCUT2D eigenvalue weighted by Gasteiger charge is -2.10. The van der Waals surface area contributed by atoms with E-state index in [-0.39, 0.29) is 5.69 Å².